The standard InChI is InChI=1S/C19H18N2O3/c1-12(2)18-20-19(24)15-5-3-4-6-16(15)21(18)14-9-7-13(8-10-14)11-17(22)23/h3-10,12H,11H2,1-2H3,(H,22,23). The summed E-state index contributed by atoms with van der Waals surface area (Å²) in [7, 11) is 0. The minimum atomic E-state index is -0.860. The number of carboxylic acid groups (broad SMARTS) is 1. The van der Waals surface area contributed by atoms with Crippen LogP contribution in [0, 0.1) is 0 Å². The van der Waals surface area contributed by atoms with Gasteiger partial charge < -0.3 is 5.11 Å². The topological polar surface area (TPSA) is 72.2 Å². The van der Waals surface area contributed by atoms with Gasteiger partial charge in [0.05, 0.1) is 17.3 Å². The van der Waals surface area contributed by atoms with Crippen LogP contribution in [0.2, 0.25) is 0 Å². The predicted molar refractivity (Wildman–Crippen MR) is 92.8 cm³/mol. The van der Waals surface area contributed by atoms with Crippen molar-refractivity contribution in [2.45, 2.75) is 26.2 Å². The number of carbonyl (C=O) groups is 1. The molecule has 1 N–H and O–H groups in total. The van der Waals surface area contributed by atoms with Crippen LogP contribution in [-0.2, 0) is 11.2 Å². The summed E-state index contributed by atoms with van der Waals surface area (Å²) in [6.45, 7) is 3.98. The van der Waals surface area contributed by atoms with E-state index in [4.69, 9.17) is 5.11 Å². The summed E-state index contributed by atoms with van der Waals surface area (Å²) in [4.78, 5) is 27.4. The zero-order valence-corrected chi connectivity index (χ0v) is 13.6. The minimum absolute atomic E-state index is 0.0134. The molecule has 1 heterocycles. The maximum Gasteiger partial charge on any atom is 0.307 e. The number of para-hydroxylation sites is 1. The van der Waals surface area contributed by atoms with Crippen LogP contribution < -0.4 is 5.56 Å². The van der Waals surface area contributed by atoms with Crippen molar-refractivity contribution in [1.29, 1.82) is 0 Å². The van der Waals surface area contributed by atoms with Gasteiger partial charge in [-0.2, -0.15) is 4.98 Å². The lowest BCUT2D eigenvalue weighted by Crippen LogP contribution is -2.19. The van der Waals surface area contributed by atoms with E-state index in [0.717, 1.165) is 16.8 Å². The first kappa shape index (κ1) is 15.9. The highest BCUT2D eigenvalue weighted by Gasteiger charge is 2.14. The number of nitrogens with zero attached hydrogens (tertiary/aromatic N) is 2. The number of fused-ring (bicyclic) bond motifs is 1. The van der Waals surface area contributed by atoms with Crippen molar-refractivity contribution in [2.75, 3.05) is 0 Å². The van der Waals surface area contributed by atoms with E-state index in [1.54, 1.807) is 18.2 Å². The molecule has 0 spiro atoms. The van der Waals surface area contributed by atoms with E-state index in [0.29, 0.717) is 11.2 Å². The smallest absolute Gasteiger partial charge is 0.307 e. The molecule has 0 saturated carbocycles. The molecule has 3 aromatic rings. The maximum absolute atomic E-state index is 12.3. The predicted octanol–water partition coefficient (Wildman–Crippen LogP) is 3.14. The van der Waals surface area contributed by atoms with Crippen LogP contribution in [0.4, 0.5) is 0 Å². The average molecular weight is 322 g/mol. The molecule has 0 atom stereocenters. The molecular formula is C19H18N2O3. The van der Waals surface area contributed by atoms with E-state index in [1.807, 2.05) is 48.7 Å². The van der Waals surface area contributed by atoms with Crippen LogP contribution in [0.3, 0.4) is 0 Å². The molecule has 5 nitrogen and oxygen atoms in total. The third-order valence-corrected chi connectivity index (χ3v) is 3.89. The van der Waals surface area contributed by atoms with Gasteiger partial charge in [0.15, 0.2) is 0 Å². The quantitative estimate of drug-likeness (QED) is 0.801. The van der Waals surface area contributed by atoms with Crippen LogP contribution in [0.1, 0.15) is 31.2 Å². The molecule has 0 unspecified atom stereocenters. The number of hydrogen-bond donors (Lipinski definition) is 1. The Morgan fingerprint density at radius 1 is 1.12 bits per heavy atom. The van der Waals surface area contributed by atoms with E-state index in [-0.39, 0.29) is 17.9 Å². The fraction of sp³-hybridized carbons (Fsp3) is 0.211. The van der Waals surface area contributed by atoms with Gasteiger partial charge in [-0.05, 0) is 29.8 Å². The molecule has 1 aromatic heterocycles. The molecule has 0 aliphatic carbocycles. The lowest BCUT2D eigenvalue weighted by molar-refractivity contribution is -0.136. The van der Waals surface area contributed by atoms with Gasteiger partial charge in [-0.15, -0.1) is 0 Å². The molecule has 3 rings (SSSR count). The summed E-state index contributed by atoms with van der Waals surface area (Å²) in [6.07, 6.45) is -0.0134. The van der Waals surface area contributed by atoms with Gasteiger partial charge in [0.25, 0.3) is 5.56 Å². The second-order valence-corrected chi connectivity index (χ2v) is 6.02. The van der Waals surface area contributed by atoms with Gasteiger partial charge in [-0.1, -0.05) is 38.1 Å². The Morgan fingerprint density at radius 2 is 1.79 bits per heavy atom. The highest BCUT2D eigenvalue weighted by Crippen LogP contribution is 2.22. The zero-order valence-electron chi connectivity index (χ0n) is 13.6. The Hall–Kier alpha value is -2.95. The van der Waals surface area contributed by atoms with Crippen LogP contribution in [0.15, 0.2) is 53.3 Å². The summed E-state index contributed by atoms with van der Waals surface area (Å²) >= 11 is 0. The second kappa shape index (κ2) is 6.28. The first-order chi connectivity index (χ1) is 11.5. The van der Waals surface area contributed by atoms with Crippen molar-refractivity contribution in [2.24, 2.45) is 0 Å². The van der Waals surface area contributed by atoms with Crippen molar-refractivity contribution < 1.29 is 9.90 Å². The van der Waals surface area contributed by atoms with Gasteiger partial charge in [0, 0.05) is 11.6 Å². The van der Waals surface area contributed by atoms with Crippen LogP contribution in [0.5, 0.6) is 0 Å². The molecule has 0 radical (unpaired) electrons. The Bertz CT molecular complexity index is 957. The Balaban J connectivity index is 2.24. The van der Waals surface area contributed by atoms with Crippen LogP contribution in [-0.4, -0.2) is 20.6 Å². The fourth-order valence-electron chi connectivity index (χ4n) is 2.78. The van der Waals surface area contributed by atoms with Gasteiger partial charge in [-0.3, -0.25) is 14.2 Å². The molecular weight excluding hydrogens is 304 g/mol. The second-order valence-electron chi connectivity index (χ2n) is 6.02. The van der Waals surface area contributed by atoms with Gasteiger partial charge in [-0.25, -0.2) is 0 Å². The number of carboxylic acids is 1. The normalized spacial score (nSPS) is 11.1. The minimum Gasteiger partial charge on any atom is -0.481 e. The lowest BCUT2D eigenvalue weighted by Gasteiger charge is -2.18. The van der Waals surface area contributed by atoms with Gasteiger partial charge in [0.2, 0.25) is 0 Å². The summed E-state index contributed by atoms with van der Waals surface area (Å²) in [5, 5.41) is 9.46. The number of aromatic nitrogens is 2. The Morgan fingerprint density at radius 3 is 2.42 bits per heavy atom. The van der Waals surface area contributed by atoms with Crippen LogP contribution in [0.25, 0.3) is 16.6 Å². The fourth-order valence-corrected chi connectivity index (χ4v) is 2.78. The Kier molecular flexibility index (Phi) is 4.16. The van der Waals surface area contributed by atoms with E-state index in [9.17, 15) is 9.59 Å². The molecule has 0 bridgehead atoms. The number of aliphatic carboxylic acids is 1. The summed E-state index contributed by atoms with van der Waals surface area (Å²) in [5.74, 6) is -0.105. The van der Waals surface area contributed by atoms with E-state index in [2.05, 4.69) is 4.98 Å². The first-order valence-corrected chi connectivity index (χ1v) is 7.80. The molecule has 0 aliphatic rings. The van der Waals surface area contributed by atoms with Crippen molar-refractivity contribution >= 4 is 16.9 Å². The third kappa shape index (κ3) is 2.93. The molecule has 24 heavy (non-hydrogen) atoms. The molecule has 122 valence electrons. The number of benzene rings is 2. The van der Waals surface area contributed by atoms with E-state index < -0.39 is 5.97 Å². The monoisotopic (exact) mass is 322 g/mol. The van der Waals surface area contributed by atoms with Crippen molar-refractivity contribution in [3.63, 3.8) is 0 Å². The van der Waals surface area contributed by atoms with Gasteiger partial charge in [0.1, 0.15) is 5.82 Å². The molecule has 0 amide bonds. The summed E-state index contributed by atoms with van der Waals surface area (Å²) in [5.41, 5.74) is 2.16. The maximum atomic E-state index is 12.3. The molecule has 0 fully saturated rings. The third-order valence-electron chi connectivity index (χ3n) is 3.89. The average Bonchev–Trinajstić information content (AvgIpc) is 2.55. The van der Waals surface area contributed by atoms with Gasteiger partial charge >= 0.3 is 5.97 Å². The zero-order chi connectivity index (χ0) is 17.3. The summed E-state index contributed by atoms with van der Waals surface area (Å²) in [6, 6.07) is 14.7. The largest absolute Gasteiger partial charge is 0.481 e. The summed E-state index contributed by atoms with van der Waals surface area (Å²) < 4.78 is 1.96. The van der Waals surface area contributed by atoms with Crippen molar-refractivity contribution in [1.82, 2.24) is 9.55 Å². The van der Waals surface area contributed by atoms with E-state index >= 15 is 0 Å². The van der Waals surface area contributed by atoms with Crippen LogP contribution >= 0.6 is 0 Å². The highest BCUT2D eigenvalue weighted by atomic mass is 16.4. The molecule has 0 saturated heterocycles. The van der Waals surface area contributed by atoms with Crippen molar-refractivity contribution in [3.05, 3.63) is 70.3 Å². The molecule has 2 aromatic carbocycles. The van der Waals surface area contributed by atoms with E-state index in [1.165, 1.54) is 0 Å². The molecule has 5 heteroatoms. The lowest BCUT2D eigenvalue weighted by atomic mass is 10.1. The number of rotatable bonds is 4. The SMILES string of the molecule is CC(C)c1nc(=O)c2ccccc2n1-c1ccc(CC(=O)O)cc1. The Labute approximate surface area is 139 Å². The highest BCUT2D eigenvalue weighted by molar-refractivity contribution is 5.80. The molecule has 0 aliphatic heterocycles. The van der Waals surface area contributed by atoms with Crippen molar-refractivity contribution in [3.8, 4) is 5.69 Å². The number of hydrogen-bond acceptors (Lipinski definition) is 3. The first-order valence-electron chi connectivity index (χ1n) is 7.80.